The first-order valence-corrected chi connectivity index (χ1v) is 12.7. The molecule has 3 heteroatoms. The van der Waals surface area contributed by atoms with E-state index in [1.807, 2.05) is 6.08 Å². The fraction of sp³-hybridized carbons (Fsp3) is 0.889. The quantitative estimate of drug-likeness (QED) is 0.606. The van der Waals surface area contributed by atoms with Crippen molar-refractivity contribution in [3.05, 3.63) is 11.6 Å². The van der Waals surface area contributed by atoms with Crippen molar-refractivity contribution in [3.8, 4) is 0 Å². The predicted octanol–water partition coefficient (Wildman–Crippen LogP) is 5.68. The van der Waals surface area contributed by atoms with Gasteiger partial charge in [-0.15, -0.1) is 0 Å². The summed E-state index contributed by atoms with van der Waals surface area (Å²) in [6.45, 7) is 11.6. The van der Waals surface area contributed by atoms with Gasteiger partial charge in [0.2, 0.25) is 0 Å². The van der Waals surface area contributed by atoms with E-state index in [-0.39, 0.29) is 28.6 Å². The highest BCUT2D eigenvalue weighted by molar-refractivity contribution is 5.95. The molecule has 0 aliphatic heterocycles. The first-order chi connectivity index (χ1) is 14.0. The molecule has 170 valence electrons. The maximum absolute atomic E-state index is 13.2. The van der Waals surface area contributed by atoms with Gasteiger partial charge in [-0.2, -0.15) is 0 Å². The highest BCUT2D eigenvalue weighted by Crippen LogP contribution is 2.68. The summed E-state index contributed by atoms with van der Waals surface area (Å²) in [4.78, 5) is 13.2. The van der Waals surface area contributed by atoms with Crippen molar-refractivity contribution in [2.45, 2.75) is 111 Å². The Balaban J connectivity index is 1.61. The van der Waals surface area contributed by atoms with Crippen molar-refractivity contribution < 1.29 is 15.0 Å². The average Bonchev–Trinajstić information content (AvgIpc) is 2.95. The number of hydrogen-bond acceptors (Lipinski definition) is 3. The van der Waals surface area contributed by atoms with E-state index >= 15 is 0 Å². The topological polar surface area (TPSA) is 57.5 Å². The second kappa shape index (κ2) is 7.73. The Bertz CT molecular complexity index is 711. The fourth-order valence-corrected chi connectivity index (χ4v) is 8.32. The third-order valence-electron chi connectivity index (χ3n) is 10.3. The van der Waals surface area contributed by atoms with E-state index in [0.717, 1.165) is 50.0 Å². The van der Waals surface area contributed by atoms with Gasteiger partial charge in [0.05, 0.1) is 11.7 Å². The molecule has 0 saturated heterocycles. The fourth-order valence-electron chi connectivity index (χ4n) is 8.32. The summed E-state index contributed by atoms with van der Waals surface area (Å²) in [5, 5.41) is 22.4. The molecule has 0 aromatic carbocycles. The molecule has 0 amide bonds. The first kappa shape index (κ1) is 22.5. The Kier molecular flexibility index (Phi) is 5.80. The highest BCUT2D eigenvalue weighted by atomic mass is 16.3. The molecule has 0 spiro atoms. The highest BCUT2D eigenvalue weighted by Gasteiger charge is 2.66. The number of fused-ring (bicyclic) bond motifs is 5. The zero-order chi connectivity index (χ0) is 21.9. The number of aliphatic hydroxyl groups excluding tert-OH is 1. The van der Waals surface area contributed by atoms with Crippen LogP contribution in [0.1, 0.15) is 98.8 Å². The zero-order valence-corrected chi connectivity index (χ0v) is 19.9. The maximum Gasteiger partial charge on any atom is 0.159 e. The standard InChI is InChI=1S/C27H44O3/c1-17(2)7-6-8-18(3)20-11-14-27(30)22-16-24(29)23-15-19(28)9-12-25(23,4)21(22)10-13-26(20,27)5/h16-21,23,28,30H,6-15H2,1-5H3. The van der Waals surface area contributed by atoms with Crippen molar-refractivity contribution in [2.75, 3.05) is 0 Å². The normalized spacial score (nSPS) is 46.8. The molecule has 4 aliphatic rings. The molecule has 2 N–H and O–H groups in total. The van der Waals surface area contributed by atoms with Crippen LogP contribution in [0.5, 0.6) is 0 Å². The molecule has 0 bridgehead atoms. The van der Waals surface area contributed by atoms with Crippen molar-refractivity contribution >= 4 is 5.78 Å². The van der Waals surface area contributed by atoms with E-state index in [4.69, 9.17) is 0 Å². The van der Waals surface area contributed by atoms with Crippen LogP contribution < -0.4 is 0 Å². The Labute approximate surface area is 183 Å². The molecule has 4 rings (SSSR count). The molecule has 3 saturated carbocycles. The largest absolute Gasteiger partial charge is 0.393 e. The Morgan fingerprint density at radius 3 is 2.47 bits per heavy atom. The lowest BCUT2D eigenvalue weighted by atomic mass is 9.46. The van der Waals surface area contributed by atoms with Crippen LogP contribution in [0.15, 0.2) is 11.6 Å². The molecule has 0 aromatic heterocycles. The monoisotopic (exact) mass is 416 g/mol. The van der Waals surface area contributed by atoms with E-state index in [2.05, 4.69) is 34.6 Å². The van der Waals surface area contributed by atoms with Crippen LogP contribution in [0, 0.1) is 40.4 Å². The summed E-state index contributed by atoms with van der Waals surface area (Å²) in [6, 6.07) is 0. The number of aliphatic hydroxyl groups is 2. The molecule has 0 heterocycles. The Morgan fingerprint density at radius 2 is 1.77 bits per heavy atom. The van der Waals surface area contributed by atoms with Gasteiger partial charge < -0.3 is 10.2 Å². The summed E-state index contributed by atoms with van der Waals surface area (Å²) >= 11 is 0. The lowest BCUT2D eigenvalue weighted by Crippen LogP contribution is -2.59. The van der Waals surface area contributed by atoms with E-state index < -0.39 is 5.60 Å². The maximum atomic E-state index is 13.2. The van der Waals surface area contributed by atoms with Gasteiger partial charge in [-0.3, -0.25) is 4.79 Å². The third-order valence-corrected chi connectivity index (χ3v) is 10.3. The van der Waals surface area contributed by atoms with E-state index in [1.54, 1.807) is 0 Å². The van der Waals surface area contributed by atoms with Crippen molar-refractivity contribution in [1.29, 1.82) is 0 Å². The second-order valence-electron chi connectivity index (χ2n) is 12.3. The van der Waals surface area contributed by atoms with Crippen LogP contribution >= 0.6 is 0 Å². The molecule has 8 atom stereocenters. The van der Waals surface area contributed by atoms with Crippen LogP contribution in [0.3, 0.4) is 0 Å². The van der Waals surface area contributed by atoms with Gasteiger partial charge in [-0.05, 0) is 85.7 Å². The summed E-state index contributed by atoms with van der Waals surface area (Å²) in [5.41, 5.74) is 0.0168. The van der Waals surface area contributed by atoms with Gasteiger partial charge in [0, 0.05) is 11.3 Å². The van der Waals surface area contributed by atoms with E-state index in [9.17, 15) is 15.0 Å². The van der Waals surface area contributed by atoms with Crippen LogP contribution in [0.25, 0.3) is 0 Å². The second-order valence-corrected chi connectivity index (χ2v) is 12.3. The first-order valence-electron chi connectivity index (χ1n) is 12.7. The lowest BCUT2D eigenvalue weighted by molar-refractivity contribution is -0.141. The predicted molar refractivity (Wildman–Crippen MR) is 121 cm³/mol. The van der Waals surface area contributed by atoms with Gasteiger partial charge >= 0.3 is 0 Å². The molecule has 30 heavy (non-hydrogen) atoms. The summed E-state index contributed by atoms with van der Waals surface area (Å²) in [5.74, 6) is 2.28. The molecule has 0 radical (unpaired) electrons. The van der Waals surface area contributed by atoms with Gasteiger partial charge in [-0.1, -0.05) is 53.9 Å². The molecule has 3 nitrogen and oxygen atoms in total. The number of rotatable bonds is 5. The third kappa shape index (κ3) is 3.25. The van der Waals surface area contributed by atoms with Crippen molar-refractivity contribution in [2.24, 2.45) is 40.4 Å². The number of allylic oxidation sites excluding steroid dienone is 1. The molecule has 0 aromatic rings. The van der Waals surface area contributed by atoms with Gasteiger partial charge in [0.1, 0.15) is 0 Å². The van der Waals surface area contributed by atoms with Gasteiger partial charge in [-0.25, -0.2) is 0 Å². The minimum atomic E-state index is -0.827. The number of carbonyl (C=O) groups is 1. The molecular weight excluding hydrogens is 372 g/mol. The minimum absolute atomic E-state index is 0.0740. The molecular formula is C27H44O3. The van der Waals surface area contributed by atoms with Crippen LogP contribution in [0.4, 0.5) is 0 Å². The van der Waals surface area contributed by atoms with Gasteiger partial charge in [0.15, 0.2) is 5.78 Å². The Hall–Kier alpha value is -0.670. The van der Waals surface area contributed by atoms with E-state index in [0.29, 0.717) is 24.2 Å². The summed E-state index contributed by atoms with van der Waals surface area (Å²) < 4.78 is 0. The lowest BCUT2D eigenvalue weighted by Gasteiger charge is -2.59. The van der Waals surface area contributed by atoms with Crippen molar-refractivity contribution in [3.63, 3.8) is 0 Å². The number of carbonyl (C=O) groups excluding carboxylic acids is 1. The smallest absolute Gasteiger partial charge is 0.159 e. The summed E-state index contributed by atoms with van der Waals surface area (Å²) in [7, 11) is 0. The van der Waals surface area contributed by atoms with Crippen LogP contribution in [-0.4, -0.2) is 27.7 Å². The zero-order valence-electron chi connectivity index (χ0n) is 19.9. The van der Waals surface area contributed by atoms with Crippen LogP contribution in [0.2, 0.25) is 0 Å². The Morgan fingerprint density at radius 1 is 1.03 bits per heavy atom. The average molecular weight is 417 g/mol. The molecule has 4 aliphatic carbocycles. The van der Waals surface area contributed by atoms with Crippen LogP contribution in [-0.2, 0) is 4.79 Å². The molecule has 8 unspecified atom stereocenters. The van der Waals surface area contributed by atoms with Gasteiger partial charge in [0.25, 0.3) is 0 Å². The number of ketones is 1. The SMILES string of the molecule is CC(C)CCCC(C)C1CCC2(O)C3=CC(=O)C4CC(O)CCC4(C)C3CCC12C. The molecule has 3 fully saturated rings. The van der Waals surface area contributed by atoms with Crippen molar-refractivity contribution in [1.82, 2.24) is 0 Å². The summed E-state index contributed by atoms with van der Waals surface area (Å²) in [6.07, 6.45) is 11.6. The number of hydrogen-bond donors (Lipinski definition) is 2. The van der Waals surface area contributed by atoms with E-state index in [1.165, 1.54) is 19.3 Å². The minimum Gasteiger partial charge on any atom is -0.393 e.